The van der Waals surface area contributed by atoms with Crippen LogP contribution in [0.5, 0.6) is 0 Å². The van der Waals surface area contributed by atoms with Crippen molar-refractivity contribution in [2.24, 2.45) is 0 Å². The van der Waals surface area contributed by atoms with E-state index in [2.05, 4.69) is 53.3 Å². The highest BCUT2D eigenvalue weighted by Crippen LogP contribution is 2.26. The number of benzene rings is 2. The molecule has 0 fully saturated rings. The van der Waals surface area contributed by atoms with Crippen molar-refractivity contribution in [2.75, 3.05) is 5.32 Å². The Balaban J connectivity index is 0. The quantitative estimate of drug-likeness (QED) is 0.466. The Bertz CT molecular complexity index is 821. The number of rotatable bonds is 4. The molecule has 0 saturated carbocycles. The Labute approximate surface area is 185 Å². The van der Waals surface area contributed by atoms with Crippen molar-refractivity contribution < 1.29 is 0 Å². The van der Waals surface area contributed by atoms with Gasteiger partial charge in [0.05, 0.1) is 5.69 Å². The minimum atomic E-state index is 0.781. The Morgan fingerprint density at radius 2 is 1.27 bits per heavy atom. The van der Waals surface area contributed by atoms with Crippen LogP contribution < -0.4 is 5.32 Å². The van der Waals surface area contributed by atoms with E-state index in [-0.39, 0.29) is 0 Å². The number of aromatic nitrogens is 2. The van der Waals surface area contributed by atoms with Crippen LogP contribution in [0.3, 0.4) is 0 Å². The average molecular weight is 410 g/mol. The van der Waals surface area contributed by atoms with Crippen LogP contribution >= 0.6 is 0 Å². The summed E-state index contributed by atoms with van der Waals surface area (Å²) < 4.78 is 0. The molecule has 3 rings (SSSR count). The maximum absolute atomic E-state index is 4.30. The van der Waals surface area contributed by atoms with Crippen LogP contribution in [-0.4, -0.2) is 10.2 Å². The van der Waals surface area contributed by atoms with Gasteiger partial charge in [0.2, 0.25) is 0 Å². The van der Waals surface area contributed by atoms with Crippen molar-refractivity contribution in [3.05, 3.63) is 66.4 Å². The van der Waals surface area contributed by atoms with Crippen molar-refractivity contribution >= 4 is 27.9 Å². The third kappa shape index (κ3) is 8.77. The monoisotopic (exact) mass is 409 g/mol. The molecular formula is C27H43N3. The molecule has 3 nitrogen and oxygen atoms in total. The van der Waals surface area contributed by atoms with E-state index in [1.807, 2.05) is 86.6 Å². The molecular weight excluding hydrogens is 366 g/mol. The van der Waals surface area contributed by atoms with Crippen molar-refractivity contribution in [3.8, 4) is 0 Å². The maximum atomic E-state index is 4.30. The van der Waals surface area contributed by atoms with Crippen LogP contribution in [0.15, 0.2) is 55.1 Å². The zero-order chi connectivity index (χ0) is 23.5. The minimum Gasteiger partial charge on any atom is -0.338 e. The molecule has 30 heavy (non-hydrogen) atoms. The first-order valence-electron chi connectivity index (χ1n) is 11.5. The van der Waals surface area contributed by atoms with Crippen molar-refractivity contribution in [1.82, 2.24) is 10.2 Å². The summed E-state index contributed by atoms with van der Waals surface area (Å²) in [5.74, 6) is 0.781. The van der Waals surface area contributed by atoms with Crippen LogP contribution in [0.2, 0.25) is 0 Å². The van der Waals surface area contributed by atoms with Gasteiger partial charge in [-0.05, 0) is 36.6 Å². The maximum Gasteiger partial charge on any atom is 0.160 e. The van der Waals surface area contributed by atoms with Crippen LogP contribution in [0.1, 0.15) is 80.0 Å². The molecule has 0 aliphatic rings. The summed E-state index contributed by atoms with van der Waals surface area (Å²) in [7, 11) is 0. The lowest BCUT2D eigenvalue weighted by molar-refractivity contribution is 1.01. The Hall–Kier alpha value is -2.68. The molecule has 0 spiro atoms. The lowest BCUT2D eigenvalue weighted by Gasteiger charge is -2.10. The molecule has 0 unspecified atom stereocenters. The van der Waals surface area contributed by atoms with Gasteiger partial charge in [0, 0.05) is 16.5 Å². The van der Waals surface area contributed by atoms with Crippen LogP contribution in [0, 0.1) is 6.92 Å². The molecule has 1 heterocycles. The number of hydrogen-bond donors (Lipinski definition) is 1. The van der Waals surface area contributed by atoms with Gasteiger partial charge in [0.25, 0.3) is 0 Å². The molecule has 0 radical (unpaired) electrons. The molecule has 2 aromatic carbocycles. The molecule has 166 valence electrons. The lowest BCUT2D eigenvalue weighted by atomic mass is 10.1. The van der Waals surface area contributed by atoms with Gasteiger partial charge in [0.15, 0.2) is 5.82 Å². The number of nitrogens with zero attached hydrogens (tertiary/aromatic N) is 2. The largest absolute Gasteiger partial charge is 0.338 e. The second kappa shape index (κ2) is 18.4. The average Bonchev–Trinajstić information content (AvgIpc) is 2.86. The zero-order valence-corrected chi connectivity index (χ0v) is 20.9. The highest BCUT2D eigenvalue weighted by molar-refractivity contribution is 5.94. The van der Waals surface area contributed by atoms with E-state index in [1.165, 1.54) is 5.56 Å². The topological polar surface area (TPSA) is 37.8 Å². The molecule has 0 aliphatic heterocycles. The van der Waals surface area contributed by atoms with E-state index in [0.717, 1.165) is 40.0 Å². The van der Waals surface area contributed by atoms with Crippen LogP contribution in [0.25, 0.3) is 16.3 Å². The SMILES string of the molecule is C=C(CC)c1ccc(Nc2nnc(C)c3ccccc23)cc1.CC.CC.CC.CC. The molecule has 3 aromatic rings. The minimum absolute atomic E-state index is 0.781. The molecule has 0 bridgehead atoms. The summed E-state index contributed by atoms with van der Waals surface area (Å²) >= 11 is 0. The fraction of sp³-hybridized carbons (Fsp3) is 0.407. The molecule has 1 N–H and O–H groups in total. The molecule has 0 saturated heterocycles. The molecule has 3 heteroatoms. The van der Waals surface area contributed by atoms with Crippen molar-refractivity contribution in [1.29, 1.82) is 0 Å². The predicted octanol–water partition coefficient (Wildman–Crippen LogP) is 9.21. The standard InChI is InChI=1S/C19H19N3.4C2H6/c1-4-13(2)15-9-11-16(12-10-15)20-19-18-8-6-5-7-17(18)14(3)21-22-19;4*1-2/h5-12H,2,4H2,1,3H3,(H,20,22);4*1-2H3. The van der Waals surface area contributed by atoms with Crippen molar-refractivity contribution in [2.45, 2.75) is 75.7 Å². The molecule has 0 amide bonds. The summed E-state index contributed by atoms with van der Waals surface area (Å²) in [4.78, 5) is 0. The van der Waals surface area contributed by atoms with Crippen LogP contribution in [0.4, 0.5) is 11.5 Å². The van der Waals surface area contributed by atoms with Crippen LogP contribution in [-0.2, 0) is 0 Å². The lowest BCUT2D eigenvalue weighted by Crippen LogP contribution is -1.99. The van der Waals surface area contributed by atoms with Gasteiger partial charge in [-0.2, -0.15) is 5.10 Å². The number of nitrogens with one attached hydrogen (secondary N) is 1. The third-order valence-electron chi connectivity index (χ3n) is 3.85. The van der Waals surface area contributed by atoms with Gasteiger partial charge in [-0.3, -0.25) is 0 Å². The second-order valence-corrected chi connectivity index (χ2v) is 5.34. The highest BCUT2D eigenvalue weighted by Gasteiger charge is 2.06. The summed E-state index contributed by atoms with van der Waals surface area (Å²) in [5.41, 5.74) is 4.26. The fourth-order valence-electron chi connectivity index (χ4n) is 2.46. The van der Waals surface area contributed by atoms with E-state index in [1.54, 1.807) is 0 Å². The number of allylic oxidation sites excluding steroid dienone is 1. The summed E-state index contributed by atoms with van der Waals surface area (Å²) in [6.45, 7) is 24.2. The molecule has 0 aliphatic carbocycles. The van der Waals surface area contributed by atoms with Gasteiger partial charge in [-0.25, -0.2) is 0 Å². The number of hydrogen-bond acceptors (Lipinski definition) is 3. The van der Waals surface area contributed by atoms with Gasteiger partial charge in [-0.15, -0.1) is 5.10 Å². The third-order valence-corrected chi connectivity index (χ3v) is 3.85. The van der Waals surface area contributed by atoms with Gasteiger partial charge in [-0.1, -0.05) is 105 Å². The van der Waals surface area contributed by atoms with Crippen molar-refractivity contribution in [3.63, 3.8) is 0 Å². The summed E-state index contributed by atoms with van der Waals surface area (Å²) in [5, 5.41) is 14.1. The first-order chi connectivity index (χ1) is 14.7. The van der Waals surface area contributed by atoms with E-state index in [9.17, 15) is 0 Å². The molecule has 1 aromatic heterocycles. The van der Waals surface area contributed by atoms with E-state index >= 15 is 0 Å². The number of anilines is 2. The van der Waals surface area contributed by atoms with Gasteiger partial charge >= 0.3 is 0 Å². The number of fused-ring (bicyclic) bond motifs is 1. The number of aryl methyl sites for hydroxylation is 1. The van der Waals surface area contributed by atoms with E-state index in [0.29, 0.717) is 0 Å². The molecule has 0 atom stereocenters. The van der Waals surface area contributed by atoms with E-state index < -0.39 is 0 Å². The highest BCUT2D eigenvalue weighted by atomic mass is 15.2. The Morgan fingerprint density at radius 1 is 0.767 bits per heavy atom. The summed E-state index contributed by atoms with van der Waals surface area (Å²) in [6.07, 6.45) is 0.959. The Morgan fingerprint density at radius 3 is 1.77 bits per heavy atom. The Kier molecular flexibility index (Phi) is 18.1. The zero-order valence-electron chi connectivity index (χ0n) is 20.9. The second-order valence-electron chi connectivity index (χ2n) is 5.34. The predicted molar refractivity (Wildman–Crippen MR) is 139 cm³/mol. The fourth-order valence-corrected chi connectivity index (χ4v) is 2.46. The van der Waals surface area contributed by atoms with Gasteiger partial charge in [0.1, 0.15) is 0 Å². The first kappa shape index (κ1) is 29.5. The smallest absolute Gasteiger partial charge is 0.160 e. The van der Waals surface area contributed by atoms with E-state index in [4.69, 9.17) is 0 Å². The summed E-state index contributed by atoms with van der Waals surface area (Å²) in [6, 6.07) is 16.4. The first-order valence-corrected chi connectivity index (χ1v) is 11.5. The van der Waals surface area contributed by atoms with Gasteiger partial charge < -0.3 is 5.32 Å². The normalized spacial score (nSPS) is 8.60.